The van der Waals surface area contributed by atoms with Gasteiger partial charge in [0.05, 0.1) is 27.4 Å². The van der Waals surface area contributed by atoms with Crippen molar-refractivity contribution in [3.8, 4) is 5.69 Å². The number of benzene rings is 2. The van der Waals surface area contributed by atoms with Crippen molar-refractivity contribution >= 4 is 41.0 Å². The van der Waals surface area contributed by atoms with E-state index in [1.165, 1.54) is 28.8 Å². The SMILES string of the molecule is CC(C)(C)c1nn(-c2ccccc2Cl)c2c1C(c1cccc(F)c1)SCC(=O)N2CC(=O)NCc1ccncc1. The van der Waals surface area contributed by atoms with Crippen LogP contribution >= 0.6 is 23.4 Å². The maximum absolute atomic E-state index is 14.4. The van der Waals surface area contributed by atoms with Gasteiger partial charge in [-0.15, -0.1) is 11.8 Å². The van der Waals surface area contributed by atoms with E-state index in [1.54, 1.807) is 29.2 Å². The van der Waals surface area contributed by atoms with E-state index in [4.69, 9.17) is 16.7 Å². The number of aromatic nitrogens is 3. The number of nitrogens with zero attached hydrogens (tertiary/aromatic N) is 4. The molecule has 2 aromatic carbocycles. The van der Waals surface area contributed by atoms with Crippen LogP contribution in [0.2, 0.25) is 5.02 Å². The highest BCUT2D eigenvalue weighted by molar-refractivity contribution is 8.00. The molecule has 4 aromatic rings. The van der Waals surface area contributed by atoms with E-state index in [1.807, 2.05) is 57.2 Å². The van der Waals surface area contributed by atoms with E-state index in [0.29, 0.717) is 28.6 Å². The lowest BCUT2D eigenvalue weighted by Crippen LogP contribution is -2.42. The van der Waals surface area contributed by atoms with E-state index in [-0.39, 0.29) is 29.9 Å². The lowest BCUT2D eigenvalue weighted by atomic mass is 9.87. The van der Waals surface area contributed by atoms with Gasteiger partial charge in [-0.1, -0.05) is 56.6 Å². The molecule has 206 valence electrons. The number of hydrogen-bond donors (Lipinski definition) is 1. The largest absolute Gasteiger partial charge is 0.350 e. The number of halogens is 2. The van der Waals surface area contributed by atoms with Crippen molar-refractivity contribution in [2.75, 3.05) is 17.2 Å². The molecule has 2 aromatic heterocycles. The Morgan fingerprint density at radius 1 is 1.12 bits per heavy atom. The van der Waals surface area contributed by atoms with Crippen LogP contribution in [0.3, 0.4) is 0 Å². The molecule has 5 rings (SSSR count). The topological polar surface area (TPSA) is 80.1 Å². The first kappa shape index (κ1) is 27.9. The Bertz CT molecular complexity index is 1550. The zero-order valence-electron chi connectivity index (χ0n) is 22.4. The van der Waals surface area contributed by atoms with Gasteiger partial charge in [0.15, 0.2) is 0 Å². The normalized spacial score (nSPS) is 15.5. The van der Waals surface area contributed by atoms with E-state index >= 15 is 0 Å². The van der Waals surface area contributed by atoms with E-state index < -0.39 is 10.7 Å². The lowest BCUT2D eigenvalue weighted by molar-refractivity contribution is -0.123. The Kier molecular flexibility index (Phi) is 7.96. The number of carbonyl (C=O) groups excluding carboxylic acids is 2. The van der Waals surface area contributed by atoms with Gasteiger partial charge in [-0.25, -0.2) is 9.07 Å². The molecule has 1 aliphatic heterocycles. The highest BCUT2D eigenvalue weighted by atomic mass is 35.5. The van der Waals surface area contributed by atoms with Gasteiger partial charge in [0.25, 0.3) is 0 Å². The molecular formula is C30H29ClFN5O2S. The average molecular weight is 578 g/mol. The first-order valence-electron chi connectivity index (χ1n) is 12.8. The van der Waals surface area contributed by atoms with Crippen molar-refractivity contribution in [1.82, 2.24) is 20.1 Å². The van der Waals surface area contributed by atoms with Gasteiger partial charge in [-0.3, -0.25) is 19.5 Å². The standard InChI is InChI=1S/C30H29ClFN5O2S/c1-30(2,3)28-26-27(20-7-6-8-21(32)15-20)40-18-25(39)36(17-24(38)34-16-19-11-13-33-14-12-19)29(26)37(35-28)23-10-5-4-9-22(23)31/h4-15,27H,16-18H2,1-3H3,(H,34,38). The van der Waals surface area contributed by atoms with Crippen LogP contribution in [0.5, 0.6) is 0 Å². The number of carbonyl (C=O) groups is 2. The molecule has 1 unspecified atom stereocenters. The van der Waals surface area contributed by atoms with Crippen LogP contribution in [0.4, 0.5) is 10.2 Å². The molecule has 1 aliphatic rings. The van der Waals surface area contributed by atoms with Crippen LogP contribution in [0.25, 0.3) is 5.69 Å². The smallest absolute Gasteiger partial charge is 0.240 e. The summed E-state index contributed by atoms with van der Waals surface area (Å²) in [7, 11) is 0. The van der Waals surface area contributed by atoms with Crippen LogP contribution in [-0.2, 0) is 21.5 Å². The fourth-order valence-corrected chi connectivity index (χ4v) is 6.10. The van der Waals surface area contributed by atoms with Crippen molar-refractivity contribution in [1.29, 1.82) is 0 Å². The first-order valence-corrected chi connectivity index (χ1v) is 14.3. The summed E-state index contributed by atoms with van der Waals surface area (Å²) in [6, 6.07) is 17.3. The van der Waals surface area contributed by atoms with Gasteiger partial charge in [0.2, 0.25) is 11.8 Å². The molecule has 10 heteroatoms. The number of pyridine rings is 1. The number of thioether (sulfide) groups is 1. The van der Waals surface area contributed by atoms with Crippen LogP contribution in [0.15, 0.2) is 73.1 Å². The highest BCUT2D eigenvalue weighted by Gasteiger charge is 2.40. The molecule has 0 bridgehead atoms. The zero-order chi connectivity index (χ0) is 28.4. The van der Waals surface area contributed by atoms with Crippen molar-refractivity contribution in [2.24, 2.45) is 0 Å². The predicted octanol–water partition coefficient (Wildman–Crippen LogP) is 5.84. The second kappa shape index (κ2) is 11.4. The average Bonchev–Trinajstić information content (AvgIpc) is 3.26. The van der Waals surface area contributed by atoms with Crippen molar-refractivity contribution in [2.45, 2.75) is 38.0 Å². The second-order valence-corrected chi connectivity index (χ2v) is 12.1. The Labute approximate surface area is 241 Å². The minimum absolute atomic E-state index is 0.0968. The molecular weight excluding hydrogens is 549 g/mol. The summed E-state index contributed by atoms with van der Waals surface area (Å²) in [4.78, 5) is 32.4. The third-order valence-electron chi connectivity index (χ3n) is 6.57. The van der Waals surface area contributed by atoms with Gasteiger partial charge >= 0.3 is 0 Å². The summed E-state index contributed by atoms with van der Waals surface area (Å²) in [6.07, 6.45) is 3.32. The Morgan fingerprint density at radius 3 is 2.58 bits per heavy atom. The molecule has 1 N–H and O–H groups in total. The summed E-state index contributed by atoms with van der Waals surface area (Å²) in [5.41, 5.74) is 3.25. The van der Waals surface area contributed by atoms with Crippen LogP contribution in [0, 0.1) is 5.82 Å². The molecule has 7 nitrogen and oxygen atoms in total. The summed E-state index contributed by atoms with van der Waals surface area (Å²) in [5.74, 6) is -0.383. The molecule has 0 saturated heterocycles. The van der Waals surface area contributed by atoms with Gasteiger partial charge in [-0.05, 0) is 47.5 Å². The van der Waals surface area contributed by atoms with Crippen molar-refractivity contribution in [3.05, 3.63) is 106 Å². The Morgan fingerprint density at radius 2 is 1.88 bits per heavy atom. The fraction of sp³-hybridized carbons (Fsp3) is 0.267. The zero-order valence-corrected chi connectivity index (χ0v) is 24.0. The highest BCUT2D eigenvalue weighted by Crippen LogP contribution is 2.48. The Balaban J connectivity index is 1.67. The third kappa shape index (κ3) is 5.76. The molecule has 0 saturated carbocycles. The lowest BCUT2D eigenvalue weighted by Gasteiger charge is -2.24. The van der Waals surface area contributed by atoms with E-state index in [2.05, 4.69) is 10.3 Å². The minimum atomic E-state index is -0.439. The van der Waals surface area contributed by atoms with Crippen LogP contribution in [-0.4, -0.2) is 38.9 Å². The van der Waals surface area contributed by atoms with Gasteiger partial charge in [-0.2, -0.15) is 5.10 Å². The molecule has 1 atom stereocenters. The maximum atomic E-state index is 14.4. The molecule has 0 aliphatic carbocycles. The maximum Gasteiger partial charge on any atom is 0.240 e. The number of amides is 2. The fourth-order valence-electron chi connectivity index (χ4n) is 4.70. The van der Waals surface area contributed by atoms with Crippen molar-refractivity contribution in [3.63, 3.8) is 0 Å². The van der Waals surface area contributed by atoms with E-state index in [0.717, 1.165) is 16.8 Å². The summed E-state index contributed by atoms with van der Waals surface area (Å²) >= 11 is 8.04. The van der Waals surface area contributed by atoms with Crippen LogP contribution < -0.4 is 10.2 Å². The Hall–Kier alpha value is -3.69. The van der Waals surface area contributed by atoms with Gasteiger partial charge in [0.1, 0.15) is 18.2 Å². The molecule has 0 spiro atoms. The second-order valence-electron chi connectivity index (χ2n) is 10.6. The number of rotatable bonds is 6. The quantitative estimate of drug-likeness (QED) is 0.311. The number of nitrogens with one attached hydrogen (secondary N) is 1. The van der Waals surface area contributed by atoms with Gasteiger partial charge < -0.3 is 5.32 Å². The van der Waals surface area contributed by atoms with E-state index in [9.17, 15) is 14.0 Å². The number of para-hydroxylation sites is 1. The number of fused-ring (bicyclic) bond motifs is 1. The molecule has 2 amide bonds. The van der Waals surface area contributed by atoms with Crippen molar-refractivity contribution < 1.29 is 14.0 Å². The summed E-state index contributed by atoms with van der Waals surface area (Å²) in [6.45, 7) is 6.20. The number of anilines is 1. The predicted molar refractivity (Wildman–Crippen MR) is 156 cm³/mol. The molecule has 40 heavy (non-hydrogen) atoms. The molecule has 0 fully saturated rings. The number of hydrogen-bond acceptors (Lipinski definition) is 5. The first-order chi connectivity index (χ1) is 19.1. The third-order valence-corrected chi connectivity index (χ3v) is 8.15. The van der Waals surface area contributed by atoms with Crippen LogP contribution in [0.1, 0.15) is 48.4 Å². The minimum Gasteiger partial charge on any atom is -0.350 e. The summed E-state index contributed by atoms with van der Waals surface area (Å²) in [5, 5.41) is 7.96. The van der Waals surface area contributed by atoms with Gasteiger partial charge in [0, 0.05) is 29.9 Å². The monoisotopic (exact) mass is 577 g/mol. The summed E-state index contributed by atoms with van der Waals surface area (Å²) < 4.78 is 16.1. The molecule has 0 radical (unpaired) electrons. The molecule has 3 heterocycles.